The molecule has 2 aromatic carbocycles. The number of aromatic nitrogens is 2. The number of halogens is 1. The van der Waals surface area contributed by atoms with Crippen molar-refractivity contribution in [3.8, 4) is 16.9 Å². The molecule has 0 saturated carbocycles. The second-order valence-corrected chi connectivity index (χ2v) is 6.20. The predicted molar refractivity (Wildman–Crippen MR) is 109 cm³/mol. The Balaban J connectivity index is 0.00000102. The molecular weight excluding hydrogens is 343 g/mol. The lowest BCUT2D eigenvalue weighted by Crippen LogP contribution is -2.11. The summed E-state index contributed by atoms with van der Waals surface area (Å²) in [6, 6.07) is 10.9. The normalized spacial score (nSPS) is 10.7. The van der Waals surface area contributed by atoms with Gasteiger partial charge in [0.2, 0.25) is 0 Å². The van der Waals surface area contributed by atoms with E-state index in [1.807, 2.05) is 39.0 Å². The van der Waals surface area contributed by atoms with Crippen molar-refractivity contribution in [1.29, 1.82) is 0 Å². The zero-order valence-electron chi connectivity index (χ0n) is 16.2. The summed E-state index contributed by atoms with van der Waals surface area (Å²) in [5, 5.41) is 0.914. The highest BCUT2D eigenvalue weighted by molar-refractivity contribution is 6.10. The van der Waals surface area contributed by atoms with Crippen LogP contribution in [0.15, 0.2) is 41.2 Å². The van der Waals surface area contributed by atoms with Crippen LogP contribution in [0, 0.1) is 19.7 Å². The summed E-state index contributed by atoms with van der Waals surface area (Å²) in [6.45, 7) is 7.69. The quantitative estimate of drug-likeness (QED) is 0.494. The number of hydrogen-bond donors (Lipinski definition) is 2. The maximum atomic E-state index is 14.9. The van der Waals surface area contributed by atoms with Crippen LogP contribution in [0.4, 0.5) is 4.39 Å². The van der Waals surface area contributed by atoms with Crippen LogP contribution in [-0.2, 0) is 0 Å². The Morgan fingerprint density at radius 1 is 1.00 bits per heavy atom. The molecule has 4 rings (SSSR count). The van der Waals surface area contributed by atoms with Crippen LogP contribution in [0.3, 0.4) is 0 Å². The van der Waals surface area contributed by atoms with Crippen molar-refractivity contribution in [3.05, 3.63) is 63.7 Å². The number of hydrogen-bond acceptors (Lipinski definition) is 2. The van der Waals surface area contributed by atoms with Gasteiger partial charge in [0, 0.05) is 27.6 Å². The summed E-state index contributed by atoms with van der Waals surface area (Å²) < 4.78 is 20.0. The second kappa shape index (κ2) is 7.27. The van der Waals surface area contributed by atoms with Gasteiger partial charge in [-0.3, -0.25) is 4.79 Å². The van der Waals surface area contributed by atoms with Crippen LogP contribution in [-0.4, -0.2) is 17.1 Å². The minimum atomic E-state index is -0.477. The van der Waals surface area contributed by atoms with Crippen molar-refractivity contribution < 1.29 is 9.13 Å². The molecule has 0 amide bonds. The minimum absolute atomic E-state index is 0.150. The van der Waals surface area contributed by atoms with E-state index >= 15 is 0 Å². The highest BCUT2D eigenvalue weighted by Gasteiger charge is 2.19. The monoisotopic (exact) mass is 366 g/mol. The van der Waals surface area contributed by atoms with Gasteiger partial charge < -0.3 is 14.7 Å². The van der Waals surface area contributed by atoms with E-state index in [0.29, 0.717) is 27.7 Å². The molecule has 0 aliphatic heterocycles. The fraction of sp³-hybridized carbons (Fsp3) is 0.227. The van der Waals surface area contributed by atoms with Gasteiger partial charge in [0.1, 0.15) is 0 Å². The summed E-state index contributed by atoms with van der Waals surface area (Å²) in [4.78, 5) is 18.7. The van der Waals surface area contributed by atoms with Crippen molar-refractivity contribution >= 4 is 21.9 Å². The Hall–Kier alpha value is -3.08. The molecule has 0 fully saturated rings. The Bertz CT molecular complexity index is 1190. The standard InChI is InChI=1S/C20H17FN2O2.C2H6/c1-10-7-8-14-13(9-10)18-19(22-14)16(11(2)20(24)23-18)12-5-4-6-15(25-3)17(12)21;1-2/h4-9,22H,1-3H3,(H,23,24);1-2H3. The molecule has 0 spiro atoms. The molecule has 5 heteroatoms. The lowest BCUT2D eigenvalue weighted by atomic mass is 9.99. The largest absolute Gasteiger partial charge is 0.494 e. The van der Waals surface area contributed by atoms with E-state index in [4.69, 9.17) is 4.74 Å². The average molecular weight is 366 g/mol. The molecule has 0 aliphatic carbocycles. The van der Waals surface area contributed by atoms with E-state index in [2.05, 4.69) is 9.97 Å². The number of aryl methyl sites for hydroxylation is 1. The molecule has 0 bridgehead atoms. The Kier molecular flexibility index (Phi) is 5.04. The number of benzene rings is 2. The molecule has 0 aliphatic rings. The third-order valence-corrected chi connectivity index (χ3v) is 4.61. The molecule has 4 nitrogen and oxygen atoms in total. The van der Waals surface area contributed by atoms with Gasteiger partial charge in [0.15, 0.2) is 11.6 Å². The number of rotatable bonds is 2. The van der Waals surface area contributed by atoms with Crippen molar-refractivity contribution in [2.75, 3.05) is 7.11 Å². The van der Waals surface area contributed by atoms with Crippen LogP contribution in [0.1, 0.15) is 25.0 Å². The molecule has 140 valence electrons. The van der Waals surface area contributed by atoms with E-state index < -0.39 is 5.82 Å². The summed E-state index contributed by atoms with van der Waals surface area (Å²) in [6.07, 6.45) is 0. The molecule has 0 unspecified atom stereocenters. The zero-order valence-corrected chi connectivity index (χ0v) is 16.2. The van der Waals surface area contributed by atoms with E-state index in [9.17, 15) is 9.18 Å². The number of aromatic amines is 2. The van der Waals surface area contributed by atoms with Crippen LogP contribution < -0.4 is 10.3 Å². The van der Waals surface area contributed by atoms with Gasteiger partial charge in [0.05, 0.1) is 18.1 Å². The van der Waals surface area contributed by atoms with E-state index in [1.165, 1.54) is 7.11 Å². The third kappa shape index (κ3) is 2.99. The van der Waals surface area contributed by atoms with Gasteiger partial charge in [-0.2, -0.15) is 0 Å². The number of ether oxygens (including phenoxy) is 1. The van der Waals surface area contributed by atoms with Gasteiger partial charge in [-0.15, -0.1) is 0 Å². The van der Waals surface area contributed by atoms with Crippen molar-refractivity contribution in [1.82, 2.24) is 9.97 Å². The van der Waals surface area contributed by atoms with Gasteiger partial charge in [0.25, 0.3) is 5.56 Å². The van der Waals surface area contributed by atoms with Gasteiger partial charge in [-0.05, 0) is 32.0 Å². The fourth-order valence-corrected chi connectivity index (χ4v) is 3.33. The molecule has 0 radical (unpaired) electrons. The zero-order chi connectivity index (χ0) is 19.7. The van der Waals surface area contributed by atoms with Crippen LogP contribution in [0.25, 0.3) is 33.1 Å². The first-order valence-electron chi connectivity index (χ1n) is 8.99. The van der Waals surface area contributed by atoms with Gasteiger partial charge >= 0.3 is 0 Å². The Morgan fingerprint density at radius 2 is 1.74 bits per heavy atom. The number of fused-ring (bicyclic) bond motifs is 3. The summed E-state index contributed by atoms with van der Waals surface area (Å²) in [5.41, 5.74) is 4.52. The highest BCUT2D eigenvalue weighted by atomic mass is 19.1. The molecule has 2 N–H and O–H groups in total. The SMILES string of the molecule is CC.COc1cccc(-c2c(C)c(=O)[nH]c3c2[nH]c2ccc(C)cc23)c1F. The molecular formula is C22H23FN2O2. The van der Waals surface area contributed by atoms with E-state index in [1.54, 1.807) is 25.1 Å². The van der Waals surface area contributed by atoms with E-state index in [0.717, 1.165) is 16.5 Å². The molecule has 2 heterocycles. The van der Waals surface area contributed by atoms with Crippen molar-refractivity contribution in [2.24, 2.45) is 0 Å². The maximum Gasteiger partial charge on any atom is 0.252 e. The summed E-state index contributed by atoms with van der Waals surface area (Å²) >= 11 is 0. The van der Waals surface area contributed by atoms with Gasteiger partial charge in [-0.25, -0.2) is 4.39 Å². The maximum absolute atomic E-state index is 14.9. The number of nitrogens with one attached hydrogen (secondary N) is 2. The topological polar surface area (TPSA) is 57.9 Å². The number of pyridine rings is 1. The number of methoxy groups -OCH3 is 1. The molecule has 27 heavy (non-hydrogen) atoms. The smallest absolute Gasteiger partial charge is 0.252 e. The Labute approximate surface area is 157 Å². The van der Waals surface area contributed by atoms with Gasteiger partial charge in [-0.1, -0.05) is 37.6 Å². The Morgan fingerprint density at radius 3 is 2.44 bits per heavy atom. The molecule has 0 saturated heterocycles. The predicted octanol–water partition coefficient (Wildman–Crippen LogP) is 5.47. The van der Waals surface area contributed by atoms with Crippen LogP contribution in [0.5, 0.6) is 5.75 Å². The lowest BCUT2D eigenvalue weighted by molar-refractivity contribution is 0.387. The first-order valence-corrected chi connectivity index (χ1v) is 8.99. The minimum Gasteiger partial charge on any atom is -0.494 e. The summed E-state index contributed by atoms with van der Waals surface area (Å²) in [7, 11) is 1.42. The molecule has 4 aromatic rings. The summed E-state index contributed by atoms with van der Waals surface area (Å²) in [5.74, 6) is -0.327. The highest BCUT2D eigenvalue weighted by Crippen LogP contribution is 2.36. The molecule has 0 atom stereocenters. The van der Waals surface area contributed by atoms with Crippen molar-refractivity contribution in [3.63, 3.8) is 0 Å². The average Bonchev–Trinajstić information content (AvgIpc) is 3.02. The third-order valence-electron chi connectivity index (χ3n) is 4.61. The fourth-order valence-electron chi connectivity index (χ4n) is 3.33. The van der Waals surface area contributed by atoms with Crippen LogP contribution >= 0.6 is 0 Å². The second-order valence-electron chi connectivity index (χ2n) is 6.20. The van der Waals surface area contributed by atoms with Crippen LogP contribution in [0.2, 0.25) is 0 Å². The van der Waals surface area contributed by atoms with Crippen molar-refractivity contribution in [2.45, 2.75) is 27.7 Å². The number of H-pyrrole nitrogens is 2. The first-order chi connectivity index (χ1) is 13.0. The molecule has 2 aromatic heterocycles. The first kappa shape index (κ1) is 18.7. The lowest BCUT2D eigenvalue weighted by Gasteiger charge is -2.11. The van der Waals surface area contributed by atoms with E-state index in [-0.39, 0.29) is 11.3 Å².